The van der Waals surface area contributed by atoms with Gasteiger partial charge in [-0.2, -0.15) is 0 Å². The second-order valence-corrected chi connectivity index (χ2v) is 7.71. The van der Waals surface area contributed by atoms with E-state index in [0.29, 0.717) is 22.0 Å². The normalized spacial score (nSPS) is 10.8. The Morgan fingerprint density at radius 3 is 2.17 bits per heavy atom. The highest BCUT2D eigenvalue weighted by Gasteiger charge is 2.16. The van der Waals surface area contributed by atoms with Gasteiger partial charge in [0.05, 0.1) is 0 Å². The average Bonchev–Trinajstić information content (AvgIpc) is 2.62. The largest absolute Gasteiger partial charge is 0.444 e. The molecular formula is C21H24ClN3O4. The molecular weight excluding hydrogens is 394 g/mol. The lowest BCUT2D eigenvalue weighted by molar-refractivity contribution is -0.116. The van der Waals surface area contributed by atoms with Crippen LogP contribution in [0.4, 0.5) is 16.2 Å². The molecule has 0 aromatic heterocycles. The van der Waals surface area contributed by atoms with Gasteiger partial charge in [0.25, 0.3) is 5.91 Å². The van der Waals surface area contributed by atoms with Gasteiger partial charge in [0.2, 0.25) is 5.91 Å². The van der Waals surface area contributed by atoms with Crippen molar-refractivity contribution in [2.24, 2.45) is 0 Å². The minimum atomic E-state index is -0.587. The van der Waals surface area contributed by atoms with E-state index in [2.05, 4.69) is 16.0 Å². The number of ether oxygens (including phenoxy) is 1. The molecule has 2 aromatic rings. The van der Waals surface area contributed by atoms with Gasteiger partial charge in [-0.15, -0.1) is 0 Å². The van der Waals surface area contributed by atoms with Gasteiger partial charge in [-0.3, -0.25) is 9.59 Å². The predicted molar refractivity (Wildman–Crippen MR) is 113 cm³/mol. The Balaban J connectivity index is 1.79. The van der Waals surface area contributed by atoms with Crippen molar-refractivity contribution < 1.29 is 19.1 Å². The van der Waals surface area contributed by atoms with Crippen molar-refractivity contribution in [2.45, 2.75) is 32.8 Å². The molecule has 7 nitrogen and oxygen atoms in total. The predicted octanol–water partition coefficient (Wildman–Crippen LogP) is 4.45. The van der Waals surface area contributed by atoms with Crippen molar-refractivity contribution in [3.63, 3.8) is 0 Å². The minimum Gasteiger partial charge on any atom is -0.444 e. The van der Waals surface area contributed by atoms with Crippen molar-refractivity contribution >= 4 is 40.9 Å². The van der Waals surface area contributed by atoms with Crippen molar-refractivity contribution in [1.29, 1.82) is 0 Å². The molecule has 0 aliphatic carbocycles. The lowest BCUT2D eigenvalue weighted by atomic mass is 10.2. The molecule has 3 N–H and O–H groups in total. The van der Waals surface area contributed by atoms with Crippen LogP contribution >= 0.6 is 11.6 Å². The number of alkyl carbamates (subject to hydrolysis) is 1. The van der Waals surface area contributed by atoms with Crippen molar-refractivity contribution in [2.75, 3.05) is 17.2 Å². The zero-order valence-corrected chi connectivity index (χ0v) is 17.3. The van der Waals surface area contributed by atoms with Gasteiger partial charge >= 0.3 is 6.09 Å². The Labute approximate surface area is 174 Å². The monoisotopic (exact) mass is 417 g/mol. The van der Waals surface area contributed by atoms with Crippen LogP contribution in [0.2, 0.25) is 5.02 Å². The van der Waals surface area contributed by atoms with E-state index in [-0.39, 0.29) is 24.8 Å². The maximum atomic E-state index is 12.2. The number of benzene rings is 2. The zero-order valence-electron chi connectivity index (χ0n) is 16.5. The third kappa shape index (κ3) is 8.23. The molecule has 3 amide bonds. The summed E-state index contributed by atoms with van der Waals surface area (Å²) in [6.07, 6.45) is -0.461. The molecule has 154 valence electrons. The molecule has 0 heterocycles. The summed E-state index contributed by atoms with van der Waals surface area (Å²) in [5.41, 5.74) is 1.02. The van der Waals surface area contributed by atoms with E-state index >= 15 is 0 Å². The van der Waals surface area contributed by atoms with E-state index in [4.69, 9.17) is 16.3 Å². The summed E-state index contributed by atoms with van der Waals surface area (Å²) in [5.74, 6) is -0.533. The molecule has 0 spiro atoms. The van der Waals surface area contributed by atoms with Crippen LogP contribution in [-0.4, -0.2) is 30.1 Å². The second-order valence-electron chi connectivity index (χ2n) is 7.27. The third-order valence-electron chi connectivity index (χ3n) is 3.53. The number of anilines is 2. The van der Waals surface area contributed by atoms with Crippen molar-refractivity contribution in [1.82, 2.24) is 5.32 Å². The van der Waals surface area contributed by atoms with Crippen LogP contribution in [0.5, 0.6) is 0 Å². The van der Waals surface area contributed by atoms with E-state index < -0.39 is 11.7 Å². The van der Waals surface area contributed by atoms with Crippen molar-refractivity contribution in [3.05, 3.63) is 59.1 Å². The second kappa shape index (κ2) is 9.93. The van der Waals surface area contributed by atoms with Crippen LogP contribution in [0.3, 0.4) is 0 Å². The molecule has 29 heavy (non-hydrogen) atoms. The molecule has 0 atom stereocenters. The summed E-state index contributed by atoms with van der Waals surface area (Å²) in [6, 6.07) is 13.3. The first kappa shape index (κ1) is 22.2. The Hall–Kier alpha value is -3.06. The number of hydrogen-bond donors (Lipinski definition) is 3. The molecule has 0 saturated heterocycles. The maximum absolute atomic E-state index is 12.2. The highest BCUT2D eigenvalue weighted by molar-refractivity contribution is 6.31. The Bertz CT molecular complexity index is 876. The van der Waals surface area contributed by atoms with Gasteiger partial charge in [-0.1, -0.05) is 17.7 Å². The number of halogens is 1. The van der Waals surface area contributed by atoms with E-state index in [1.165, 1.54) is 0 Å². The molecule has 0 radical (unpaired) electrons. The first-order valence-corrected chi connectivity index (χ1v) is 9.44. The number of nitrogens with one attached hydrogen (secondary N) is 3. The molecule has 2 aromatic carbocycles. The summed E-state index contributed by atoms with van der Waals surface area (Å²) in [6.45, 7) is 5.45. The first-order chi connectivity index (χ1) is 13.6. The van der Waals surface area contributed by atoms with Gasteiger partial charge in [-0.25, -0.2) is 4.79 Å². The lowest BCUT2D eigenvalue weighted by Crippen LogP contribution is -2.34. The number of amides is 3. The van der Waals surface area contributed by atoms with E-state index in [0.717, 1.165) is 0 Å². The molecule has 0 aliphatic rings. The fourth-order valence-electron chi connectivity index (χ4n) is 2.29. The minimum absolute atomic E-state index is 0.104. The fourth-order valence-corrected chi connectivity index (χ4v) is 2.48. The van der Waals surface area contributed by atoms with Crippen LogP contribution in [0.15, 0.2) is 48.5 Å². The average molecular weight is 418 g/mol. The molecule has 0 bridgehead atoms. The highest BCUT2D eigenvalue weighted by atomic mass is 35.5. The summed E-state index contributed by atoms with van der Waals surface area (Å²) in [4.78, 5) is 35.7. The summed E-state index contributed by atoms with van der Waals surface area (Å²) in [7, 11) is 0. The first-order valence-electron chi connectivity index (χ1n) is 9.06. The Morgan fingerprint density at radius 2 is 1.59 bits per heavy atom. The van der Waals surface area contributed by atoms with Crippen LogP contribution in [0, 0.1) is 0 Å². The van der Waals surface area contributed by atoms with Crippen LogP contribution in [0.1, 0.15) is 37.6 Å². The Kier molecular flexibility index (Phi) is 7.61. The van der Waals surface area contributed by atoms with Gasteiger partial charge in [0, 0.05) is 34.9 Å². The van der Waals surface area contributed by atoms with Gasteiger partial charge < -0.3 is 20.7 Å². The van der Waals surface area contributed by atoms with Crippen LogP contribution in [0.25, 0.3) is 0 Å². The zero-order chi connectivity index (χ0) is 21.4. The van der Waals surface area contributed by atoms with Gasteiger partial charge in [0.15, 0.2) is 0 Å². The highest BCUT2D eigenvalue weighted by Crippen LogP contribution is 2.16. The van der Waals surface area contributed by atoms with Crippen molar-refractivity contribution in [3.8, 4) is 0 Å². The number of carbonyl (C=O) groups excluding carboxylic acids is 3. The third-order valence-corrected chi connectivity index (χ3v) is 3.77. The van der Waals surface area contributed by atoms with Gasteiger partial charge in [0.1, 0.15) is 5.60 Å². The summed E-state index contributed by atoms with van der Waals surface area (Å²) >= 11 is 5.89. The number of rotatable bonds is 6. The van der Waals surface area contributed by atoms with E-state index in [1.807, 2.05) is 0 Å². The molecule has 0 fully saturated rings. The van der Waals surface area contributed by atoms with E-state index in [9.17, 15) is 14.4 Å². The Morgan fingerprint density at radius 1 is 0.966 bits per heavy atom. The van der Waals surface area contributed by atoms with Gasteiger partial charge in [-0.05, 0) is 63.2 Å². The van der Waals surface area contributed by atoms with E-state index in [1.54, 1.807) is 69.3 Å². The quantitative estimate of drug-likeness (QED) is 0.647. The molecule has 0 unspecified atom stereocenters. The lowest BCUT2D eigenvalue weighted by Gasteiger charge is -2.19. The summed E-state index contributed by atoms with van der Waals surface area (Å²) in [5, 5.41) is 8.49. The molecule has 0 saturated carbocycles. The molecule has 2 rings (SSSR count). The fraction of sp³-hybridized carbons (Fsp3) is 0.286. The SMILES string of the molecule is CC(C)(C)OC(=O)NCCC(=O)Nc1ccc(NC(=O)c2cccc(Cl)c2)cc1. The van der Waals surface area contributed by atoms with Crippen LogP contribution < -0.4 is 16.0 Å². The smallest absolute Gasteiger partial charge is 0.407 e. The molecule has 0 aliphatic heterocycles. The van der Waals surface area contributed by atoms with Crippen LogP contribution in [-0.2, 0) is 9.53 Å². The molecule has 8 heteroatoms. The number of hydrogen-bond acceptors (Lipinski definition) is 4. The standard InChI is InChI=1S/C21H24ClN3O4/c1-21(2,3)29-20(28)23-12-11-18(26)24-16-7-9-17(10-8-16)25-19(27)14-5-4-6-15(22)13-14/h4-10,13H,11-12H2,1-3H3,(H,23,28)(H,24,26)(H,25,27). The topological polar surface area (TPSA) is 96.5 Å². The number of carbonyl (C=O) groups is 3. The maximum Gasteiger partial charge on any atom is 0.407 e. The summed E-state index contributed by atoms with van der Waals surface area (Å²) < 4.78 is 5.10.